The van der Waals surface area contributed by atoms with Crippen molar-refractivity contribution in [1.29, 1.82) is 0 Å². The Kier molecular flexibility index (Phi) is 7.61. The van der Waals surface area contributed by atoms with Crippen LogP contribution >= 0.6 is 23.4 Å². The molecule has 0 bridgehead atoms. The number of amides is 2. The minimum Gasteiger partial charge on any atom is -0.446 e. The third kappa shape index (κ3) is 5.88. The lowest BCUT2D eigenvalue weighted by Crippen LogP contribution is -2.55. The van der Waals surface area contributed by atoms with Gasteiger partial charge in [0.2, 0.25) is 11.6 Å². The first-order valence-electron chi connectivity index (χ1n) is 12.3. The van der Waals surface area contributed by atoms with E-state index < -0.39 is 11.8 Å². The second kappa shape index (κ2) is 11.1. The van der Waals surface area contributed by atoms with Crippen molar-refractivity contribution in [1.82, 2.24) is 15.2 Å². The van der Waals surface area contributed by atoms with Crippen molar-refractivity contribution in [3.05, 3.63) is 47.6 Å². The van der Waals surface area contributed by atoms with Crippen molar-refractivity contribution in [3.8, 4) is 0 Å². The molecule has 1 saturated heterocycles. The zero-order chi connectivity index (χ0) is 25.8. The van der Waals surface area contributed by atoms with Gasteiger partial charge < -0.3 is 24.7 Å². The molecule has 0 atom stereocenters. The van der Waals surface area contributed by atoms with Gasteiger partial charge in [-0.25, -0.2) is 9.78 Å². The Labute approximate surface area is 224 Å². The van der Waals surface area contributed by atoms with Gasteiger partial charge in [-0.1, -0.05) is 22.8 Å². The monoisotopic (exact) mass is 544 g/mol. The van der Waals surface area contributed by atoms with Crippen LogP contribution in [0.2, 0.25) is 5.02 Å². The second-order valence-electron chi connectivity index (χ2n) is 9.20. The van der Waals surface area contributed by atoms with Crippen LogP contribution in [0.1, 0.15) is 25.7 Å². The zero-order valence-corrected chi connectivity index (χ0v) is 22.1. The van der Waals surface area contributed by atoms with Gasteiger partial charge in [0.1, 0.15) is 11.9 Å². The summed E-state index contributed by atoms with van der Waals surface area (Å²) in [5.74, 6) is 0.764. The van der Waals surface area contributed by atoms with Gasteiger partial charge in [-0.15, -0.1) is 11.8 Å². The normalized spacial score (nSPS) is 23.2. The zero-order valence-electron chi connectivity index (χ0n) is 20.5. The summed E-state index contributed by atoms with van der Waals surface area (Å²) in [4.78, 5) is 40.4. The van der Waals surface area contributed by atoms with Crippen LogP contribution in [-0.2, 0) is 14.4 Å². The number of anilines is 2. The molecule has 5 rings (SSSR count). The highest BCUT2D eigenvalue weighted by atomic mass is 35.5. The molecule has 1 aromatic heterocycles. The summed E-state index contributed by atoms with van der Waals surface area (Å²) in [5, 5.41) is 10.7. The highest BCUT2D eigenvalue weighted by molar-refractivity contribution is 7.98. The number of nitrogens with one attached hydrogen (secondary N) is 2. The van der Waals surface area contributed by atoms with E-state index in [1.807, 2.05) is 36.6 Å². The van der Waals surface area contributed by atoms with Crippen LogP contribution in [0, 0.1) is 0 Å². The van der Waals surface area contributed by atoms with E-state index in [1.54, 1.807) is 28.9 Å². The average Bonchev–Trinajstić information content (AvgIpc) is 3.34. The van der Waals surface area contributed by atoms with Crippen molar-refractivity contribution in [2.75, 3.05) is 42.7 Å². The predicted molar refractivity (Wildman–Crippen MR) is 143 cm³/mol. The molecule has 3 heterocycles. The molecule has 1 aliphatic carbocycles. The highest BCUT2D eigenvalue weighted by Gasteiger charge is 2.45. The number of pyridine rings is 1. The predicted octanol–water partition coefficient (Wildman–Crippen LogP) is 3.93. The summed E-state index contributed by atoms with van der Waals surface area (Å²) < 4.78 is 5.62. The lowest BCUT2D eigenvalue weighted by molar-refractivity contribution is -0.124. The molecule has 1 spiro atoms. The van der Waals surface area contributed by atoms with Crippen molar-refractivity contribution in [2.45, 2.75) is 42.4 Å². The van der Waals surface area contributed by atoms with Crippen molar-refractivity contribution in [3.63, 3.8) is 0 Å². The van der Waals surface area contributed by atoms with Gasteiger partial charge in [0.15, 0.2) is 0 Å². The van der Waals surface area contributed by atoms with Crippen LogP contribution in [0.15, 0.2) is 52.6 Å². The molecule has 1 saturated carbocycles. The Morgan fingerprint density at radius 2 is 1.97 bits per heavy atom. The summed E-state index contributed by atoms with van der Waals surface area (Å²) in [7, 11) is 0. The van der Waals surface area contributed by atoms with Crippen LogP contribution in [0.25, 0.3) is 0 Å². The number of hydrogen-bond acceptors (Lipinski definition) is 9. The smallest absolute Gasteiger partial charge is 0.411 e. The fourth-order valence-corrected chi connectivity index (χ4v) is 5.46. The number of benzene rings is 1. The Bertz CT molecular complexity index is 1180. The largest absolute Gasteiger partial charge is 0.446 e. The standard InChI is InChI=1S/C25H29ClN6O4S/c1-37-19-5-2-4-17(16-19)28-24(34)35-18-7-9-25(10-8-18)29-21(30-36-25)23(33)32-14-12-31(13-15-32)22-20(26)6-3-11-27-22/h2-6,11,16,18H,7-10,12-15H2,1H3,(H,28,34)(H,29,30). The quantitative estimate of drug-likeness (QED) is 0.545. The summed E-state index contributed by atoms with van der Waals surface area (Å²) >= 11 is 7.87. The molecule has 1 aromatic carbocycles. The van der Waals surface area contributed by atoms with E-state index in [9.17, 15) is 9.59 Å². The van der Waals surface area contributed by atoms with E-state index in [0.717, 1.165) is 10.7 Å². The molecular formula is C25H29ClN6O4S. The molecule has 2 aliphatic heterocycles. The van der Waals surface area contributed by atoms with Gasteiger partial charge >= 0.3 is 6.09 Å². The fraction of sp³-hybridized carbons (Fsp3) is 0.440. The number of thioether (sulfide) groups is 1. The molecule has 2 amide bonds. The summed E-state index contributed by atoms with van der Waals surface area (Å²) in [6, 6.07) is 11.2. The van der Waals surface area contributed by atoms with Crippen molar-refractivity contribution in [2.24, 2.45) is 5.16 Å². The first kappa shape index (κ1) is 25.5. The van der Waals surface area contributed by atoms with E-state index in [1.165, 1.54) is 0 Å². The number of amidine groups is 1. The van der Waals surface area contributed by atoms with Gasteiger partial charge in [0.25, 0.3) is 5.91 Å². The number of halogens is 1. The van der Waals surface area contributed by atoms with Crippen LogP contribution in [0.4, 0.5) is 16.3 Å². The number of carbonyl (C=O) groups excluding carboxylic acids is 2. The number of rotatable bonds is 5. The third-order valence-corrected chi connectivity index (χ3v) is 7.82. The number of nitrogens with zero attached hydrogens (tertiary/aromatic N) is 4. The van der Waals surface area contributed by atoms with Crippen molar-refractivity contribution >= 4 is 52.7 Å². The van der Waals surface area contributed by atoms with Gasteiger partial charge in [-0.2, -0.15) is 0 Å². The van der Waals surface area contributed by atoms with Crippen LogP contribution in [0.3, 0.4) is 0 Å². The molecule has 2 aromatic rings. The fourth-order valence-electron chi connectivity index (χ4n) is 4.76. The Morgan fingerprint density at radius 1 is 1.19 bits per heavy atom. The first-order chi connectivity index (χ1) is 17.9. The lowest BCUT2D eigenvalue weighted by Gasteiger charge is -2.36. The molecule has 3 aliphatic rings. The Hall–Kier alpha value is -3.18. The van der Waals surface area contributed by atoms with E-state index in [4.69, 9.17) is 21.2 Å². The van der Waals surface area contributed by atoms with Crippen LogP contribution in [0.5, 0.6) is 0 Å². The topological polar surface area (TPSA) is 108 Å². The number of piperazine rings is 1. The molecule has 2 fully saturated rings. The molecule has 0 unspecified atom stereocenters. The number of aromatic nitrogens is 1. The SMILES string of the molecule is CSc1cccc(NC(=O)OC2CCC3(CC2)NC(C(=O)N2CCN(c4ncccc4Cl)CC2)=NO3)c1. The van der Waals surface area contributed by atoms with Gasteiger partial charge in [-0.3, -0.25) is 10.1 Å². The molecule has 37 heavy (non-hydrogen) atoms. The maximum Gasteiger partial charge on any atom is 0.411 e. The maximum atomic E-state index is 13.1. The van der Waals surface area contributed by atoms with Crippen LogP contribution in [-0.4, -0.2) is 72.0 Å². The van der Waals surface area contributed by atoms with Crippen LogP contribution < -0.4 is 15.5 Å². The minimum atomic E-state index is -0.739. The Morgan fingerprint density at radius 3 is 2.70 bits per heavy atom. The van der Waals surface area contributed by atoms with Gasteiger partial charge in [0.05, 0.1) is 5.02 Å². The molecule has 196 valence electrons. The van der Waals surface area contributed by atoms with E-state index in [2.05, 4.69) is 25.7 Å². The number of ether oxygens (including phenoxy) is 1. The molecule has 12 heteroatoms. The first-order valence-corrected chi connectivity index (χ1v) is 13.9. The van der Waals surface area contributed by atoms with Gasteiger partial charge in [-0.05, 0) is 49.4 Å². The van der Waals surface area contributed by atoms with E-state index in [-0.39, 0.29) is 17.8 Å². The molecular weight excluding hydrogens is 516 g/mol. The maximum absolute atomic E-state index is 13.1. The van der Waals surface area contributed by atoms with E-state index >= 15 is 0 Å². The molecule has 0 radical (unpaired) electrons. The van der Waals surface area contributed by atoms with Gasteiger partial charge in [0, 0.05) is 55.8 Å². The summed E-state index contributed by atoms with van der Waals surface area (Å²) in [6.45, 7) is 2.32. The average molecular weight is 545 g/mol. The minimum absolute atomic E-state index is 0.186. The third-order valence-electron chi connectivity index (χ3n) is 6.80. The number of hydrogen-bond donors (Lipinski definition) is 2. The van der Waals surface area contributed by atoms with Crippen molar-refractivity contribution < 1.29 is 19.2 Å². The second-order valence-corrected chi connectivity index (χ2v) is 10.5. The number of carbonyl (C=O) groups is 2. The lowest BCUT2D eigenvalue weighted by atomic mass is 9.89. The Balaban J connectivity index is 1.07. The summed E-state index contributed by atoms with van der Waals surface area (Å²) in [5.41, 5.74) is -0.0393. The summed E-state index contributed by atoms with van der Waals surface area (Å²) in [6.07, 6.45) is 5.33. The molecule has 10 nitrogen and oxygen atoms in total. The van der Waals surface area contributed by atoms with E-state index in [0.29, 0.717) is 62.6 Å². The molecule has 2 N–H and O–H groups in total. The number of oxime groups is 1. The highest BCUT2D eigenvalue weighted by Crippen LogP contribution is 2.34.